The highest BCUT2D eigenvalue weighted by molar-refractivity contribution is 8.16. The van der Waals surface area contributed by atoms with Crippen LogP contribution >= 0.6 is 23.5 Å². The molecule has 4 N–H and O–H groups in total. The van der Waals surface area contributed by atoms with Crippen LogP contribution in [0.2, 0.25) is 0 Å². The van der Waals surface area contributed by atoms with E-state index >= 15 is 0 Å². The van der Waals surface area contributed by atoms with E-state index in [0.29, 0.717) is 69.8 Å². The van der Waals surface area contributed by atoms with Gasteiger partial charge in [-0.05, 0) is 183 Å². The molecule has 2 saturated heterocycles. The summed E-state index contributed by atoms with van der Waals surface area (Å²) in [6.45, 7) is 4.06. The Hall–Kier alpha value is -10.3. The minimum Gasteiger partial charge on any atom is -0.486 e. The van der Waals surface area contributed by atoms with E-state index in [9.17, 15) is 28.8 Å². The number of carbonyl (C=O) groups is 6. The Morgan fingerprint density at radius 2 is 0.872 bits per heavy atom. The molecule has 0 aliphatic carbocycles. The Labute approximate surface area is 501 Å². The average Bonchev–Trinajstić information content (AvgIpc) is 3.90. The van der Waals surface area contributed by atoms with E-state index in [1.54, 1.807) is 99.0 Å². The van der Waals surface area contributed by atoms with Crippen molar-refractivity contribution in [1.82, 2.24) is 39.7 Å². The molecule has 20 nitrogen and oxygen atoms in total. The fraction of sp³-hybridized carbons (Fsp3) is 0.156. The van der Waals surface area contributed by atoms with Crippen LogP contribution in [0.15, 0.2) is 183 Å². The topological polar surface area (TPSA) is 249 Å². The number of aryl methyl sites for hydroxylation is 2. The zero-order chi connectivity index (χ0) is 60.0. The summed E-state index contributed by atoms with van der Waals surface area (Å²) in [4.78, 5) is 89.5. The van der Waals surface area contributed by atoms with Crippen molar-refractivity contribution in [3.8, 4) is 34.5 Å². The van der Waals surface area contributed by atoms with Crippen LogP contribution in [-0.2, 0) is 49.7 Å². The molecule has 12 rings (SSSR count). The molecule has 2 aliphatic heterocycles. The van der Waals surface area contributed by atoms with Crippen LogP contribution in [0.25, 0.3) is 22.1 Å². The number of fused-ring (bicyclic) bond motifs is 2. The summed E-state index contributed by atoms with van der Waals surface area (Å²) in [6, 6.07) is 47.4. The van der Waals surface area contributed by atoms with E-state index in [1.807, 2.05) is 108 Å². The molecule has 432 valence electrons. The Balaban J connectivity index is 0.000000179. The van der Waals surface area contributed by atoms with Crippen LogP contribution < -0.4 is 40.2 Å². The van der Waals surface area contributed by atoms with Gasteiger partial charge >= 0.3 is 0 Å². The summed E-state index contributed by atoms with van der Waals surface area (Å²) >= 11 is 2.05. The molecule has 10 aromatic rings. The summed E-state index contributed by atoms with van der Waals surface area (Å²) in [7, 11) is 3.85. The van der Waals surface area contributed by atoms with Gasteiger partial charge in [-0.15, -0.1) is 0 Å². The highest BCUT2D eigenvalue weighted by Gasteiger charge is 2.44. The third-order valence-corrected chi connectivity index (χ3v) is 16.3. The van der Waals surface area contributed by atoms with Crippen LogP contribution in [0.1, 0.15) is 57.3 Å². The molecule has 4 aromatic heterocycles. The van der Waals surface area contributed by atoms with Crippen molar-refractivity contribution < 1.29 is 47.7 Å². The highest BCUT2D eigenvalue weighted by Crippen LogP contribution is 2.37. The number of imidazole rings is 2. The first-order chi connectivity index (χ1) is 41.5. The number of aromatic nitrogens is 6. The van der Waals surface area contributed by atoms with E-state index in [0.717, 1.165) is 68.4 Å². The van der Waals surface area contributed by atoms with Gasteiger partial charge in [-0.25, -0.2) is 9.97 Å². The maximum absolute atomic E-state index is 12.4. The maximum Gasteiger partial charge on any atom is 0.286 e. The molecule has 0 bridgehead atoms. The molecular weight excluding hydrogens is 1130 g/mol. The number of thioether (sulfide) groups is 2. The lowest BCUT2D eigenvalue weighted by Gasteiger charge is -2.18. The second-order valence-electron chi connectivity index (χ2n) is 20.5. The van der Waals surface area contributed by atoms with Crippen molar-refractivity contribution in [3.05, 3.63) is 216 Å². The maximum atomic E-state index is 12.4. The van der Waals surface area contributed by atoms with E-state index in [2.05, 4.69) is 31.2 Å². The number of pyridine rings is 2. The number of nitrogens with one attached hydrogen (secondary N) is 4. The third-order valence-electron chi connectivity index (χ3n) is 14.1. The van der Waals surface area contributed by atoms with Gasteiger partial charge in [0, 0.05) is 62.4 Å². The van der Waals surface area contributed by atoms with E-state index < -0.39 is 9.49 Å². The van der Waals surface area contributed by atoms with Crippen molar-refractivity contribution in [1.29, 1.82) is 0 Å². The van der Waals surface area contributed by atoms with Gasteiger partial charge in [0.1, 0.15) is 68.9 Å². The molecule has 6 amide bonds. The van der Waals surface area contributed by atoms with Gasteiger partial charge in [0.25, 0.3) is 22.3 Å². The van der Waals surface area contributed by atoms with Crippen molar-refractivity contribution in [2.24, 2.45) is 14.1 Å². The monoisotopic (exact) mass is 1190 g/mol. The first-order valence-electron chi connectivity index (χ1n) is 26.9. The fourth-order valence-corrected chi connectivity index (χ4v) is 11.3. The highest BCUT2D eigenvalue weighted by atomic mass is 32.2. The smallest absolute Gasteiger partial charge is 0.286 e. The molecule has 2 atom stereocenters. The number of imide groups is 2. The zero-order valence-corrected chi connectivity index (χ0v) is 48.4. The number of hydrogen-bond donors (Lipinski definition) is 4. The van der Waals surface area contributed by atoms with E-state index in [-0.39, 0.29) is 47.3 Å². The van der Waals surface area contributed by atoms with E-state index in [1.165, 1.54) is 12.4 Å². The number of nitrogens with zero attached hydrogens (tertiary/aromatic N) is 6. The minimum absolute atomic E-state index is 0.234. The first kappa shape index (κ1) is 57.5. The number of anilines is 2. The summed E-state index contributed by atoms with van der Waals surface area (Å²) < 4.78 is 26.4. The van der Waals surface area contributed by atoms with Crippen molar-refractivity contribution >= 4 is 91.1 Å². The number of amides is 6. The van der Waals surface area contributed by atoms with Crippen LogP contribution in [0, 0.1) is 0 Å². The zero-order valence-electron chi connectivity index (χ0n) is 46.7. The molecule has 2 aliphatic rings. The third kappa shape index (κ3) is 13.5. The predicted molar refractivity (Wildman–Crippen MR) is 327 cm³/mol. The lowest BCUT2D eigenvalue weighted by Crippen LogP contribution is -2.35. The van der Waals surface area contributed by atoms with Crippen LogP contribution in [0.4, 0.5) is 21.0 Å². The number of carbonyl (C=O) groups excluding carboxylic acids is 6. The molecule has 0 radical (unpaired) electrons. The van der Waals surface area contributed by atoms with Gasteiger partial charge in [0.2, 0.25) is 11.8 Å². The van der Waals surface area contributed by atoms with Crippen LogP contribution in [0.3, 0.4) is 0 Å². The van der Waals surface area contributed by atoms with Crippen molar-refractivity contribution in [2.75, 3.05) is 10.6 Å². The summed E-state index contributed by atoms with van der Waals surface area (Å²) in [5, 5.41) is 9.76. The fourth-order valence-electron chi connectivity index (χ4n) is 9.43. The standard InChI is InChI=1S/2C32H27N5O5S/c2*1-32(30(39)36-31(40)43-32)17-20-5-9-23(10-6-20)41-19-28-35-26-14-13-25(16-27(26)37(28)2)42-24-11-7-22(8-12-24)34-29(38)21-4-3-15-33-18-21/h2*3-16,18H,17,19H2,1-2H3,(H,34,38)(H,36,39,40)/t2*32-/m10/s1. The molecule has 0 saturated carbocycles. The predicted octanol–water partition coefficient (Wildman–Crippen LogP) is 11.8. The van der Waals surface area contributed by atoms with Gasteiger partial charge in [0.05, 0.1) is 33.2 Å². The van der Waals surface area contributed by atoms with Crippen molar-refractivity contribution in [3.63, 3.8) is 0 Å². The van der Waals surface area contributed by atoms with Crippen LogP contribution in [-0.4, -0.2) is 72.7 Å². The summed E-state index contributed by atoms with van der Waals surface area (Å²) in [6.07, 6.45) is 7.15. The minimum atomic E-state index is -0.809. The second-order valence-corrected chi connectivity index (χ2v) is 23.4. The number of rotatable bonds is 18. The quantitative estimate of drug-likeness (QED) is 0.0623. The molecule has 6 heterocycles. The number of hydrogen-bond acceptors (Lipinski definition) is 16. The van der Waals surface area contributed by atoms with Gasteiger partial charge in [-0.1, -0.05) is 24.3 Å². The molecule has 6 aromatic carbocycles. The Kier molecular flexibility index (Phi) is 16.6. The molecule has 22 heteroatoms. The number of ether oxygens (including phenoxy) is 4. The largest absolute Gasteiger partial charge is 0.486 e. The SMILES string of the molecule is Cn1c(COc2ccc(C[C@@]3(C)SC(=O)NC3=O)cc2)nc2ccc(Oc3ccc(NC(=O)c4cccnc4)cc3)cc21.Cn1c(COc2ccc(C[C@]3(C)SC(=O)NC3=O)cc2)nc2ccc(Oc3ccc(NC(=O)c4cccnc4)cc3)cc21. The first-order valence-corrected chi connectivity index (χ1v) is 28.6. The van der Waals surface area contributed by atoms with Crippen molar-refractivity contribution in [2.45, 2.75) is 49.4 Å². The number of benzene rings is 6. The molecule has 0 unspecified atom stereocenters. The van der Waals surface area contributed by atoms with Gasteiger partial charge in [0.15, 0.2) is 0 Å². The van der Waals surface area contributed by atoms with Crippen LogP contribution in [0.5, 0.6) is 34.5 Å². The molecule has 86 heavy (non-hydrogen) atoms. The van der Waals surface area contributed by atoms with Gasteiger partial charge < -0.3 is 38.7 Å². The molecule has 2 fully saturated rings. The van der Waals surface area contributed by atoms with Gasteiger partial charge in [-0.3, -0.25) is 49.4 Å². The Morgan fingerprint density at radius 3 is 1.22 bits per heavy atom. The van der Waals surface area contributed by atoms with Gasteiger partial charge in [-0.2, -0.15) is 0 Å². The molecule has 0 spiro atoms. The normalized spacial score (nSPS) is 16.2. The lowest BCUT2D eigenvalue weighted by molar-refractivity contribution is -0.122. The Morgan fingerprint density at radius 1 is 0.500 bits per heavy atom. The summed E-state index contributed by atoms with van der Waals surface area (Å²) in [5.74, 6) is 4.38. The molecular formula is C64H54N10O10S2. The van der Waals surface area contributed by atoms with E-state index in [4.69, 9.17) is 28.9 Å². The second kappa shape index (κ2) is 24.9. The summed E-state index contributed by atoms with van der Waals surface area (Å²) in [5.41, 5.74) is 7.54. The average molecular weight is 1190 g/mol. The Bertz CT molecular complexity index is 3920. The lowest BCUT2D eigenvalue weighted by atomic mass is 9.99.